The molecule has 0 aromatic heterocycles. The van der Waals surface area contributed by atoms with E-state index in [2.05, 4.69) is 11.8 Å². The summed E-state index contributed by atoms with van der Waals surface area (Å²) >= 11 is 12.5. The van der Waals surface area contributed by atoms with E-state index in [1.165, 1.54) is 19.3 Å². The van der Waals surface area contributed by atoms with Gasteiger partial charge in [-0.25, -0.2) is 0 Å². The third kappa shape index (κ3) is 3.63. The number of nitrogens with zero attached hydrogens (tertiary/aromatic N) is 1. The van der Waals surface area contributed by atoms with Crippen LogP contribution in [0.2, 0.25) is 10.0 Å². The molecular weight excluding hydrogens is 279 g/mol. The Hall–Kier alpha value is -0.280. The van der Waals surface area contributed by atoms with Crippen LogP contribution in [0.3, 0.4) is 0 Å². The quantitative estimate of drug-likeness (QED) is 0.910. The minimum atomic E-state index is 0.177. The van der Waals surface area contributed by atoms with Crippen molar-refractivity contribution >= 4 is 23.2 Å². The number of rotatable bonds is 3. The largest absolute Gasteiger partial charge is 0.329 e. The first kappa shape index (κ1) is 15.1. The Morgan fingerprint density at radius 1 is 1.32 bits per heavy atom. The molecule has 4 heteroatoms. The predicted molar refractivity (Wildman–Crippen MR) is 82.8 cm³/mol. The van der Waals surface area contributed by atoms with Crippen LogP contribution in [-0.4, -0.2) is 24.5 Å². The van der Waals surface area contributed by atoms with Gasteiger partial charge in [0, 0.05) is 12.6 Å². The van der Waals surface area contributed by atoms with Gasteiger partial charge in [-0.15, -0.1) is 0 Å². The Morgan fingerprint density at radius 2 is 2.11 bits per heavy atom. The fourth-order valence-electron chi connectivity index (χ4n) is 2.85. The van der Waals surface area contributed by atoms with Gasteiger partial charge < -0.3 is 5.73 Å². The summed E-state index contributed by atoms with van der Waals surface area (Å²) in [7, 11) is 0. The lowest BCUT2D eigenvalue weighted by molar-refractivity contribution is 0.207. The van der Waals surface area contributed by atoms with E-state index in [9.17, 15) is 0 Å². The Labute approximate surface area is 125 Å². The Morgan fingerprint density at radius 3 is 2.84 bits per heavy atom. The molecule has 0 amide bonds. The second-order valence-electron chi connectivity index (χ2n) is 5.47. The van der Waals surface area contributed by atoms with Crippen LogP contribution < -0.4 is 5.73 Å². The summed E-state index contributed by atoms with van der Waals surface area (Å²) in [6.45, 7) is 5.09. The van der Waals surface area contributed by atoms with Gasteiger partial charge in [0.1, 0.15) is 0 Å². The van der Waals surface area contributed by atoms with E-state index in [1.54, 1.807) is 0 Å². The number of likely N-dealkylation sites (tertiary alicyclic amines) is 1. The zero-order valence-electron chi connectivity index (χ0n) is 11.4. The lowest BCUT2D eigenvalue weighted by Gasteiger charge is -2.30. The molecule has 0 bridgehead atoms. The zero-order chi connectivity index (χ0) is 13.8. The molecule has 0 spiro atoms. The summed E-state index contributed by atoms with van der Waals surface area (Å²) in [4.78, 5) is 2.46. The maximum atomic E-state index is 6.34. The summed E-state index contributed by atoms with van der Waals surface area (Å²) in [6.07, 6.45) is 3.77. The first-order valence-corrected chi connectivity index (χ1v) is 7.77. The Bertz CT molecular complexity index is 423. The molecule has 0 aliphatic carbocycles. The van der Waals surface area contributed by atoms with Crippen LogP contribution in [0.25, 0.3) is 0 Å². The highest BCUT2D eigenvalue weighted by Gasteiger charge is 2.24. The molecule has 1 aromatic rings. The van der Waals surface area contributed by atoms with Gasteiger partial charge in [-0.2, -0.15) is 0 Å². The standard InChI is InChI=1S/C15H22Cl2N2/c1-11-4-3-8-19(9-7-11)14(10-18)12-5-2-6-13(16)15(12)17/h2,5-6,11,14H,3-4,7-10,18H2,1H3. The van der Waals surface area contributed by atoms with Gasteiger partial charge >= 0.3 is 0 Å². The lowest BCUT2D eigenvalue weighted by Crippen LogP contribution is -2.34. The van der Waals surface area contributed by atoms with E-state index < -0.39 is 0 Å². The highest BCUT2D eigenvalue weighted by molar-refractivity contribution is 6.42. The van der Waals surface area contributed by atoms with Gasteiger partial charge in [0.05, 0.1) is 10.0 Å². The molecule has 1 fully saturated rings. The molecule has 1 saturated heterocycles. The van der Waals surface area contributed by atoms with Crippen molar-refractivity contribution in [2.24, 2.45) is 11.7 Å². The number of nitrogens with two attached hydrogens (primary N) is 1. The van der Waals surface area contributed by atoms with E-state index in [4.69, 9.17) is 28.9 Å². The summed E-state index contributed by atoms with van der Waals surface area (Å²) in [5.41, 5.74) is 7.06. The van der Waals surface area contributed by atoms with Crippen molar-refractivity contribution in [1.82, 2.24) is 4.90 Å². The van der Waals surface area contributed by atoms with Gasteiger partial charge in [-0.05, 0) is 49.9 Å². The van der Waals surface area contributed by atoms with Crippen LogP contribution in [-0.2, 0) is 0 Å². The van der Waals surface area contributed by atoms with Crippen molar-refractivity contribution in [2.45, 2.75) is 32.2 Å². The summed E-state index contributed by atoms with van der Waals surface area (Å²) < 4.78 is 0. The molecule has 1 heterocycles. The van der Waals surface area contributed by atoms with Gasteiger partial charge in [-0.3, -0.25) is 4.90 Å². The highest BCUT2D eigenvalue weighted by Crippen LogP contribution is 2.33. The van der Waals surface area contributed by atoms with Crippen LogP contribution in [0.15, 0.2) is 18.2 Å². The van der Waals surface area contributed by atoms with E-state index >= 15 is 0 Å². The molecule has 0 radical (unpaired) electrons. The van der Waals surface area contributed by atoms with Crippen molar-refractivity contribution in [2.75, 3.05) is 19.6 Å². The molecule has 1 aliphatic rings. The smallest absolute Gasteiger partial charge is 0.0640 e. The maximum absolute atomic E-state index is 6.34. The molecule has 1 aliphatic heterocycles. The van der Waals surface area contributed by atoms with E-state index in [0.29, 0.717) is 16.6 Å². The van der Waals surface area contributed by atoms with E-state index in [1.807, 2.05) is 18.2 Å². The molecule has 19 heavy (non-hydrogen) atoms. The normalized spacial score (nSPS) is 23.1. The Kier molecular flexibility index (Phi) is 5.52. The molecule has 2 rings (SSSR count). The maximum Gasteiger partial charge on any atom is 0.0640 e. The van der Waals surface area contributed by atoms with Crippen molar-refractivity contribution < 1.29 is 0 Å². The van der Waals surface area contributed by atoms with Crippen LogP contribution >= 0.6 is 23.2 Å². The topological polar surface area (TPSA) is 29.3 Å². The monoisotopic (exact) mass is 300 g/mol. The average molecular weight is 301 g/mol. The molecule has 2 nitrogen and oxygen atoms in total. The molecular formula is C15H22Cl2N2. The second-order valence-corrected chi connectivity index (χ2v) is 6.25. The molecule has 0 saturated carbocycles. The molecule has 1 aromatic carbocycles. The third-order valence-corrected chi connectivity index (χ3v) is 4.89. The number of halogens is 2. The van der Waals surface area contributed by atoms with Crippen LogP contribution in [0, 0.1) is 5.92 Å². The number of benzene rings is 1. The first-order valence-electron chi connectivity index (χ1n) is 7.01. The van der Waals surface area contributed by atoms with E-state index in [-0.39, 0.29) is 6.04 Å². The molecule has 2 unspecified atom stereocenters. The van der Waals surface area contributed by atoms with Crippen molar-refractivity contribution in [3.8, 4) is 0 Å². The Balaban J connectivity index is 2.21. The van der Waals surface area contributed by atoms with Crippen molar-refractivity contribution in [3.63, 3.8) is 0 Å². The van der Waals surface area contributed by atoms with Gasteiger partial charge in [0.15, 0.2) is 0 Å². The summed E-state index contributed by atoms with van der Waals surface area (Å²) in [5.74, 6) is 0.804. The van der Waals surface area contributed by atoms with Crippen LogP contribution in [0.5, 0.6) is 0 Å². The van der Waals surface area contributed by atoms with Gasteiger partial charge in [-0.1, -0.05) is 42.3 Å². The van der Waals surface area contributed by atoms with Gasteiger partial charge in [0.2, 0.25) is 0 Å². The minimum Gasteiger partial charge on any atom is -0.329 e. The third-order valence-electron chi connectivity index (χ3n) is 4.06. The van der Waals surface area contributed by atoms with E-state index in [0.717, 1.165) is 24.6 Å². The predicted octanol–water partition coefficient (Wildman–Crippen LogP) is 4.12. The molecule has 2 N–H and O–H groups in total. The zero-order valence-corrected chi connectivity index (χ0v) is 12.9. The van der Waals surface area contributed by atoms with Crippen molar-refractivity contribution in [3.05, 3.63) is 33.8 Å². The summed E-state index contributed by atoms with van der Waals surface area (Å²) in [6, 6.07) is 5.99. The molecule has 2 atom stereocenters. The fourth-order valence-corrected chi connectivity index (χ4v) is 3.28. The minimum absolute atomic E-state index is 0.177. The second kappa shape index (κ2) is 6.94. The van der Waals surface area contributed by atoms with Crippen LogP contribution in [0.4, 0.5) is 0 Å². The molecule has 106 valence electrons. The van der Waals surface area contributed by atoms with Crippen molar-refractivity contribution in [1.29, 1.82) is 0 Å². The van der Waals surface area contributed by atoms with Crippen LogP contribution in [0.1, 0.15) is 37.8 Å². The summed E-state index contributed by atoms with van der Waals surface area (Å²) in [5, 5.41) is 1.26. The SMILES string of the molecule is CC1CCCN(C(CN)c2cccc(Cl)c2Cl)CC1. The average Bonchev–Trinajstić information content (AvgIpc) is 2.61. The fraction of sp³-hybridized carbons (Fsp3) is 0.600. The number of hydrogen-bond acceptors (Lipinski definition) is 2. The number of hydrogen-bond donors (Lipinski definition) is 1. The highest BCUT2D eigenvalue weighted by atomic mass is 35.5. The van der Waals surface area contributed by atoms with Gasteiger partial charge in [0.25, 0.3) is 0 Å². The lowest BCUT2D eigenvalue weighted by atomic mass is 10.0. The first-order chi connectivity index (χ1) is 9.13.